The molecule has 0 spiro atoms. The number of carbonyl (C=O) groups is 1. The van der Waals surface area contributed by atoms with Gasteiger partial charge in [-0.15, -0.1) is 10.2 Å². The molecule has 0 unspecified atom stereocenters. The van der Waals surface area contributed by atoms with Crippen molar-refractivity contribution in [1.82, 2.24) is 15.2 Å². The first-order valence-electron chi connectivity index (χ1n) is 9.37. The number of nitrogens with two attached hydrogens (primary N) is 1. The molecule has 1 atom stereocenters. The van der Waals surface area contributed by atoms with Crippen LogP contribution in [0.25, 0.3) is 0 Å². The molecule has 2 N–H and O–H groups in total. The average Bonchev–Trinajstić information content (AvgIpc) is 3.15. The first-order valence-corrected chi connectivity index (χ1v) is 11.1. The fourth-order valence-corrected chi connectivity index (χ4v) is 5.83. The summed E-state index contributed by atoms with van der Waals surface area (Å²) in [6.45, 7) is 4.18. The monoisotopic (exact) mass is 424 g/mol. The fourth-order valence-electron chi connectivity index (χ4n) is 3.73. The molecule has 0 saturated carbocycles. The zero-order chi connectivity index (χ0) is 20.5. The third-order valence-corrected chi connectivity index (χ3v) is 6.85. The van der Waals surface area contributed by atoms with Gasteiger partial charge in [0, 0.05) is 35.3 Å². The van der Waals surface area contributed by atoms with Crippen LogP contribution in [0, 0.1) is 11.3 Å². The van der Waals surface area contributed by atoms with Crippen LogP contribution in [0.2, 0.25) is 0 Å². The summed E-state index contributed by atoms with van der Waals surface area (Å²) in [4.78, 5) is 18.9. The number of nitriles is 1. The van der Waals surface area contributed by atoms with E-state index in [9.17, 15) is 10.1 Å². The molecule has 29 heavy (non-hydrogen) atoms. The summed E-state index contributed by atoms with van der Waals surface area (Å²) in [5, 5.41) is 19.5. The van der Waals surface area contributed by atoms with Crippen LogP contribution in [0.3, 0.4) is 0 Å². The van der Waals surface area contributed by atoms with Crippen LogP contribution < -0.4 is 10.6 Å². The number of pyridine rings is 1. The number of allylic oxidation sites excluding steroid dienone is 3. The van der Waals surface area contributed by atoms with Crippen LogP contribution in [-0.4, -0.2) is 26.2 Å². The van der Waals surface area contributed by atoms with Gasteiger partial charge in [-0.05, 0) is 24.5 Å². The first-order chi connectivity index (χ1) is 14.0. The lowest BCUT2D eigenvalue weighted by Crippen LogP contribution is -2.38. The molecule has 1 aliphatic carbocycles. The van der Waals surface area contributed by atoms with Crippen LogP contribution in [0.4, 0.5) is 5.13 Å². The van der Waals surface area contributed by atoms with Crippen molar-refractivity contribution >= 4 is 34.0 Å². The molecule has 9 heteroatoms. The van der Waals surface area contributed by atoms with E-state index in [1.807, 2.05) is 6.07 Å². The van der Waals surface area contributed by atoms with E-state index in [2.05, 4.69) is 35.1 Å². The van der Waals surface area contributed by atoms with Crippen molar-refractivity contribution in [2.75, 3.05) is 4.90 Å². The van der Waals surface area contributed by atoms with Gasteiger partial charge in [-0.1, -0.05) is 43.0 Å². The molecular formula is C20H20N6OS2. The topological polar surface area (TPSA) is 109 Å². The van der Waals surface area contributed by atoms with Crippen molar-refractivity contribution in [2.45, 2.75) is 48.6 Å². The Morgan fingerprint density at radius 3 is 2.90 bits per heavy atom. The summed E-state index contributed by atoms with van der Waals surface area (Å²) in [6.07, 6.45) is 5.27. The molecule has 2 aliphatic rings. The lowest BCUT2D eigenvalue weighted by molar-refractivity contribution is -0.116. The predicted molar refractivity (Wildman–Crippen MR) is 113 cm³/mol. The summed E-state index contributed by atoms with van der Waals surface area (Å²) in [5.74, 6) is -0.135. The molecule has 0 aromatic carbocycles. The SMILES string of the molecule is CC(C)Sc1nnc(N2C(N)=C(C#N)[C@H](c3cccnc3)C3=C2CCCC3=O)s1. The van der Waals surface area contributed by atoms with Gasteiger partial charge in [0.2, 0.25) is 5.13 Å². The molecule has 7 nitrogen and oxygen atoms in total. The molecule has 2 aromatic rings. The molecule has 0 radical (unpaired) electrons. The number of nitrogens with zero attached hydrogens (tertiary/aromatic N) is 5. The number of ketones is 1. The van der Waals surface area contributed by atoms with Gasteiger partial charge in [-0.25, -0.2) is 0 Å². The third kappa shape index (κ3) is 3.54. The molecule has 0 fully saturated rings. The minimum absolute atomic E-state index is 0.0478. The van der Waals surface area contributed by atoms with E-state index in [0.29, 0.717) is 40.2 Å². The maximum Gasteiger partial charge on any atom is 0.219 e. The Morgan fingerprint density at radius 1 is 1.38 bits per heavy atom. The average molecular weight is 425 g/mol. The van der Waals surface area contributed by atoms with E-state index in [-0.39, 0.29) is 5.78 Å². The minimum Gasteiger partial charge on any atom is -0.384 e. The number of anilines is 1. The standard InChI is InChI=1S/C20H20N6OS2/c1-11(2)28-20-25-24-19(29-20)26-14-6-3-7-15(27)17(14)16(13(9-21)18(26)22)12-5-4-8-23-10-12/h4-5,8,10-11,16H,3,6-7,22H2,1-2H3/t16-/m0/s1. The van der Waals surface area contributed by atoms with E-state index in [0.717, 1.165) is 22.0 Å². The second-order valence-electron chi connectivity index (χ2n) is 7.12. The quantitative estimate of drug-likeness (QED) is 0.739. The third-order valence-electron chi connectivity index (χ3n) is 4.85. The molecule has 1 aliphatic heterocycles. The Labute approximate surface area is 177 Å². The summed E-state index contributed by atoms with van der Waals surface area (Å²) in [5.41, 5.74) is 9.10. The van der Waals surface area contributed by atoms with Crippen LogP contribution in [-0.2, 0) is 4.79 Å². The summed E-state index contributed by atoms with van der Waals surface area (Å²) in [7, 11) is 0. The van der Waals surface area contributed by atoms with E-state index in [1.54, 1.807) is 35.1 Å². The molecule has 148 valence electrons. The first kappa shape index (κ1) is 19.6. The fraction of sp³-hybridized carbons (Fsp3) is 0.350. The molecule has 2 aromatic heterocycles. The second kappa shape index (κ2) is 7.97. The Kier molecular flexibility index (Phi) is 5.39. The molecular weight excluding hydrogens is 404 g/mol. The highest BCUT2D eigenvalue weighted by Crippen LogP contribution is 2.47. The van der Waals surface area contributed by atoms with E-state index >= 15 is 0 Å². The van der Waals surface area contributed by atoms with Gasteiger partial charge in [0.25, 0.3) is 0 Å². The number of hydrogen-bond acceptors (Lipinski definition) is 9. The molecule has 4 rings (SSSR count). The van der Waals surface area contributed by atoms with Gasteiger partial charge >= 0.3 is 0 Å². The summed E-state index contributed by atoms with van der Waals surface area (Å²) in [6, 6.07) is 5.93. The number of hydrogen-bond donors (Lipinski definition) is 1. The Balaban J connectivity index is 1.88. The Bertz CT molecular complexity index is 1050. The van der Waals surface area contributed by atoms with Gasteiger partial charge in [0.15, 0.2) is 10.1 Å². The molecule has 0 bridgehead atoms. The zero-order valence-corrected chi connectivity index (χ0v) is 17.8. The van der Waals surface area contributed by atoms with Crippen molar-refractivity contribution < 1.29 is 4.79 Å². The number of carbonyl (C=O) groups excluding carboxylic acids is 1. The van der Waals surface area contributed by atoms with Gasteiger partial charge in [-0.2, -0.15) is 5.26 Å². The number of rotatable bonds is 4. The van der Waals surface area contributed by atoms with E-state index in [1.165, 1.54) is 11.3 Å². The van der Waals surface area contributed by atoms with E-state index in [4.69, 9.17) is 5.73 Å². The molecule has 0 saturated heterocycles. The smallest absolute Gasteiger partial charge is 0.219 e. The van der Waals surface area contributed by atoms with Crippen molar-refractivity contribution in [1.29, 1.82) is 5.26 Å². The normalized spacial score (nSPS) is 19.6. The maximum atomic E-state index is 13.0. The largest absolute Gasteiger partial charge is 0.384 e. The molecule has 0 amide bonds. The zero-order valence-electron chi connectivity index (χ0n) is 16.1. The van der Waals surface area contributed by atoms with Gasteiger partial charge < -0.3 is 5.73 Å². The predicted octanol–water partition coefficient (Wildman–Crippen LogP) is 3.74. The highest BCUT2D eigenvalue weighted by Gasteiger charge is 2.41. The van der Waals surface area contributed by atoms with Crippen LogP contribution in [0.15, 0.2) is 51.5 Å². The maximum absolute atomic E-state index is 13.0. The second-order valence-corrected chi connectivity index (χ2v) is 9.90. The summed E-state index contributed by atoms with van der Waals surface area (Å²) >= 11 is 3.05. The number of thioether (sulfide) groups is 1. The van der Waals surface area contributed by atoms with Crippen LogP contribution in [0.5, 0.6) is 0 Å². The van der Waals surface area contributed by atoms with Crippen molar-refractivity contribution in [3.8, 4) is 6.07 Å². The van der Waals surface area contributed by atoms with Gasteiger partial charge in [0.05, 0.1) is 17.6 Å². The van der Waals surface area contributed by atoms with Gasteiger partial charge in [0.1, 0.15) is 5.82 Å². The number of Topliss-reactive ketones (excluding diaryl/α,β-unsaturated/α-hetero) is 1. The Hall–Kier alpha value is -2.70. The lowest BCUT2D eigenvalue weighted by Gasteiger charge is -2.37. The van der Waals surface area contributed by atoms with Crippen molar-refractivity contribution in [3.05, 3.63) is 52.8 Å². The van der Waals surface area contributed by atoms with E-state index < -0.39 is 5.92 Å². The highest BCUT2D eigenvalue weighted by molar-refractivity contribution is 8.01. The summed E-state index contributed by atoms with van der Waals surface area (Å²) < 4.78 is 0.833. The van der Waals surface area contributed by atoms with Crippen LogP contribution >= 0.6 is 23.1 Å². The highest BCUT2D eigenvalue weighted by atomic mass is 32.2. The van der Waals surface area contributed by atoms with Crippen molar-refractivity contribution in [2.24, 2.45) is 5.73 Å². The lowest BCUT2D eigenvalue weighted by atomic mass is 9.76. The minimum atomic E-state index is -0.495. The van der Waals surface area contributed by atoms with Gasteiger partial charge in [-0.3, -0.25) is 14.7 Å². The molecule has 3 heterocycles. The number of aromatic nitrogens is 3. The Morgan fingerprint density at radius 2 is 2.21 bits per heavy atom. The van der Waals surface area contributed by atoms with Crippen molar-refractivity contribution in [3.63, 3.8) is 0 Å². The van der Waals surface area contributed by atoms with Crippen LogP contribution in [0.1, 0.15) is 44.6 Å².